The minimum Gasteiger partial charge on any atom is -0.330 e. The van der Waals surface area contributed by atoms with E-state index in [1.807, 2.05) is 42.3 Å². The Hall–Kier alpha value is -1.64. The first-order chi connectivity index (χ1) is 14.0. The highest BCUT2D eigenvalue weighted by atomic mass is 35.5. The van der Waals surface area contributed by atoms with E-state index in [0.29, 0.717) is 16.6 Å². The zero-order chi connectivity index (χ0) is 20.4. The third kappa shape index (κ3) is 4.15. The lowest BCUT2D eigenvalue weighted by Crippen LogP contribution is -2.38. The van der Waals surface area contributed by atoms with Crippen LogP contribution in [0.1, 0.15) is 29.0 Å². The molecule has 0 amide bonds. The first-order valence-electron chi connectivity index (χ1n) is 9.12. The molecule has 29 heavy (non-hydrogen) atoms. The van der Waals surface area contributed by atoms with Gasteiger partial charge in [-0.25, -0.2) is 5.01 Å². The summed E-state index contributed by atoms with van der Waals surface area (Å²) in [4.78, 5) is -0.475. The molecule has 0 saturated carbocycles. The van der Waals surface area contributed by atoms with Crippen molar-refractivity contribution in [1.82, 2.24) is 10.2 Å². The van der Waals surface area contributed by atoms with E-state index >= 15 is 0 Å². The van der Waals surface area contributed by atoms with Crippen molar-refractivity contribution >= 4 is 56.5 Å². The van der Waals surface area contributed by atoms with Crippen LogP contribution in [-0.4, -0.2) is 21.8 Å². The number of anilines is 1. The van der Waals surface area contributed by atoms with Gasteiger partial charge < -0.3 is 5.73 Å². The van der Waals surface area contributed by atoms with Crippen molar-refractivity contribution in [2.45, 2.75) is 24.6 Å². The molecule has 2 N–H and O–H groups in total. The van der Waals surface area contributed by atoms with Gasteiger partial charge in [-0.05, 0) is 50.1 Å². The second kappa shape index (κ2) is 8.62. The Labute approximate surface area is 187 Å². The van der Waals surface area contributed by atoms with E-state index in [4.69, 9.17) is 34.0 Å². The fraction of sp³-hybridized carbons (Fsp3) is 0.250. The molecule has 3 aromatic rings. The number of hydrogen-bond donors (Lipinski definition) is 1. The van der Waals surface area contributed by atoms with E-state index in [0.717, 1.165) is 39.2 Å². The first-order valence-corrected chi connectivity index (χ1v) is 11.5. The standard InChI is InChI=1S/C20H19Cl2N5S2/c1-13-24-25-19(28-13)27-20(8-5-9-23,15-6-3-2-4-7-15)29-18(26-27)14-10-16(21)12-17(22)11-14/h2-4,6-7,10-12H,5,8-9,23H2,1H3. The van der Waals surface area contributed by atoms with E-state index < -0.39 is 4.87 Å². The molecule has 9 heteroatoms. The second-order valence-corrected chi connectivity index (χ2v) is 9.92. The van der Waals surface area contributed by atoms with Gasteiger partial charge in [0.1, 0.15) is 14.9 Å². The number of hydrogen-bond acceptors (Lipinski definition) is 7. The molecule has 4 rings (SSSR count). The minimum atomic E-state index is -0.475. The van der Waals surface area contributed by atoms with Crippen LogP contribution in [0.2, 0.25) is 10.0 Å². The summed E-state index contributed by atoms with van der Waals surface area (Å²) in [6.45, 7) is 2.53. The largest absolute Gasteiger partial charge is 0.330 e. The van der Waals surface area contributed by atoms with E-state index in [9.17, 15) is 0 Å². The Balaban J connectivity index is 1.86. The van der Waals surface area contributed by atoms with Gasteiger partial charge in [0.05, 0.1) is 0 Å². The fourth-order valence-electron chi connectivity index (χ4n) is 3.28. The maximum Gasteiger partial charge on any atom is 0.230 e. The molecule has 1 aromatic heterocycles. The van der Waals surface area contributed by atoms with Gasteiger partial charge in [0, 0.05) is 15.6 Å². The highest BCUT2D eigenvalue weighted by Crippen LogP contribution is 2.52. The first kappa shape index (κ1) is 20.6. The molecule has 0 radical (unpaired) electrons. The molecular formula is C20H19Cl2N5S2. The monoisotopic (exact) mass is 463 g/mol. The Kier molecular flexibility index (Phi) is 6.13. The van der Waals surface area contributed by atoms with Gasteiger partial charge in [0.25, 0.3) is 0 Å². The van der Waals surface area contributed by atoms with Gasteiger partial charge in [-0.15, -0.1) is 10.2 Å². The highest BCUT2D eigenvalue weighted by molar-refractivity contribution is 8.15. The van der Waals surface area contributed by atoms with E-state index in [1.165, 1.54) is 11.3 Å². The smallest absolute Gasteiger partial charge is 0.230 e. The van der Waals surface area contributed by atoms with Crippen LogP contribution >= 0.6 is 46.3 Å². The third-order valence-electron chi connectivity index (χ3n) is 4.55. The molecule has 1 aliphatic heterocycles. The molecule has 0 aliphatic carbocycles. The van der Waals surface area contributed by atoms with Crippen LogP contribution in [0.4, 0.5) is 5.13 Å². The number of nitrogens with zero attached hydrogens (tertiary/aromatic N) is 4. The van der Waals surface area contributed by atoms with E-state index in [2.05, 4.69) is 22.3 Å². The van der Waals surface area contributed by atoms with E-state index in [1.54, 1.807) is 17.8 Å². The number of hydrazone groups is 1. The highest BCUT2D eigenvalue weighted by Gasteiger charge is 2.47. The van der Waals surface area contributed by atoms with Crippen molar-refractivity contribution in [3.8, 4) is 0 Å². The van der Waals surface area contributed by atoms with Crippen LogP contribution in [0, 0.1) is 6.92 Å². The van der Waals surface area contributed by atoms with Crippen molar-refractivity contribution in [2.75, 3.05) is 11.6 Å². The zero-order valence-corrected chi connectivity index (χ0v) is 18.8. The number of halogens is 2. The number of aromatic nitrogens is 2. The summed E-state index contributed by atoms with van der Waals surface area (Å²) < 4.78 is 0. The Bertz CT molecular complexity index is 1020. The molecule has 2 aromatic carbocycles. The maximum absolute atomic E-state index is 6.26. The predicted octanol–water partition coefficient (Wildman–Crippen LogP) is 5.66. The summed E-state index contributed by atoms with van der Waals surface area (Å²) in [5.74, 6) is 0. The van der Waals surface area contributed by atoms with Crippen molar-refractivity contribution in [3.05, 3.63) is 74.7 Å². The normalized spacial score (nSPS) is 18.9. The fourth-order valence-corrected chi connectivity index (χ4v) is 5.97. The van der Waals surface area contributed by atoms with Gasteiger partial charge >= 0.3 is 0 Å². The number of benzene rings is 2. The summed E-state index contributed by atoms with van der Waals surface area (Å²) in [5.41, 5.74) is 7.91. The Morgan fingerprint density at radius 3 is 2.41 bits per heavy atom. The Morgan fingerprint density at radius 2 is 1.79 bits per heavy atom. The average Bonchev–Trinajstić information content (AvgIpc) is 3.31. The van der Waals surface area contributed by atoms with Crippen LogP contribution < -0.4 is 10.7 Å². The summed E-state index contributed by atoms with van der Waals surface area (Å²) in [5, 5.41) is 19.2. The summed E-state index contributed by atoms with van der Waals surface area (Å²) >= 11 is 15.7. The average molecular weight is 464 g/mol. The van der Waals surface area contributed by atoms with Crippen molar-refractivity contribution in [2.24, 2.45) is 10.8 Å². The molecule has 5 nitrogen and oxygen atoms in total. The lowest BCUT2D eigenvalue weighted by atomic mass is 10.0. The van der Waals surface area contributed by atoms with Gasteiger partial charge in [-0.2, -0.15) is 5.10 Å². The van der Waals surface area contributed by atoms with Crippen molar-refractivity contribution in [3.63, 3.8) is 0 Å². The Morgan fingerprint density at radius 1 is 1.07 bits per heavy atom. The second-order valence-electron chi connectivity index (χ2n) is 6.62. The van der Waals surface area contributed by atoms with Gasteiger partial charge in [0.2, 0.25) is 5.13 Å². The van der Waals surface area contributed by atoms with Crippen LogP contribution in [-0.2, 0) is 4.87 Å². The third-order valence-corrected chi connectivity index (χ3v) is 7.26. The SMILES string of the molecule is Cc1nnc(N2N=C(c3cc(Cl)cc(Cl)c3)SC2(CCCN)c2ccccc2)s1. The minimum absolute atomic E-state index is 0.475. The number of nitrogens with two attached hydrogens (primary N) is 1. The van der Waals surface area contributed by atoms with Crippen LogP contribution in [0.5, 0.6) is 0 Å². The van der Waals surface area contributed by atoms with Crippen LogP contribution in [0.3, 0.4) is 0 Å². The topological polar surface area (TPSA) is 67.4 Å². The lowest BCUT2D eigenvalue weighted by molar-refractivity contribution is 0.525. The summed E-state index contributed by atoms with van der Waals surface area (Å²) in [6.07, 6.45) is 1.65. The van der Waals surface area contributed by atoms with Gasteiger partial charge in [-0.3, -0.25) is 0 Å². The quantitative estimate of drug-likeness (QED) is 0.510. The number of aryl methyl sites for hydroxylation is 1. The number of rotatable bonds is 6. The molecule has 1 atom stereocenters. The van der Waals surface area contributed by atoms with Gasteiger partial charge in [0.15, 0.2) is 0 Å². The van der Waals surface area contributed by atoms with E-state index in [-0.39, 0.29) is 0 Å². The molecule has 2 heterocycles. The molecular weight excluding hydrogens is 445 g/mol. The molecule has 0 spiro atoms. The summed E-state index contributed by atoms with van der Waals surface area (Å²) in [6, 6.07) is 15.8. The van der Waals surface area contributed by atoms with Crippen LogP contribution in [0.25, 0.3) is 0 Å². The molecule has 0 saturated heterocycles. The zero-order valence-electron chi connectivity index (χ0n) is 15.7. The van der Waals surface area contributed by atoms with Crippen molar-refractivity contribution in [1.29, 1.82) is 0 Å². The van der Waals surface area contributed by atoms with Gasteiger partial charge in [-0.1, -0.05) is 76.6 Å². The predicted molar refractivity (Wildman–Crippen MR) is 124 cm³/mol. The molecule has 0 fully saturated rings. The molecule has 1 aliphatic rings. The molecule has 150 valence electrons. The molecule has 0 bridgehead atoms. The lowest BCUT2D eigenvalue weighted by Gasteiger charge is -2.35. The van der Waals surface area contributed by atoms with Crippen LogP contribution in [0.15, 0.2) is 53.6 Å². The summed E-state index contributed by atoms with van der Waals surface area (Å²) in [7, 11) is 0. The maximum atomic E-state index is 6.26. The molecule has 1 unspecified atom stereocenters. The number of thioether (sulfide) groups is 1. The van der Waals surface area contributed by atoms with Crippen molar-refractivity contribution < 1.29 is 0 Å².